The molecule has 2 amide bonds. The molecule has 12 heteroatoms. The Bertz CT molecular complexity index is 1090. The van der Waals surface area contributed by atoms with Gasteiger partial charge in [-0.05, 0) is 48.7 Å². The highest BCUT2D eigenvalue weighted by atomic mass is 19.4. The third kappa shape index (κ3) is 6.82. The first-order chi connectivity index (χ1) is 17.6. The monoisotopic (exact) mass is 524 g/mol. The van der Waals surface area contributed by atoms with Gasteiger partial charge in [0.1, 0.15) is 12.4 Å². The largest absolute Gasteiger partial charge is 0.475 e. The van der Waals surface area contributed by atoms with Crippen molar-refractivity contribution < 1.29 is 37.3 Å². The van der Waals surface area contributed by atoms with Gasteiger partial charge in [0.15, 0.2) is 6.10 Å². The number of hydrogen-bond acceptors (Lipinski definition) is 7. The highest BCUT2D eigenvalue weighted by Gasteiger charge is 2.46. The number of aliphatic hydroxyl groups excluding tert-OH is 1. The number of rotatable bonds is 6. The number of urea groups is 1. The summed E-state index contributed by atoms with van der Waals surface area (Å²) in [5, 5.41) is 11.9. The predicted molar refractivity (Wildman–Crippen MR) is 131 cm³/mol. The normalized spacial score (nSPS) is 20.6. The van der Waals surface area contributed by atoms with Crippen molar-refractivity contribution in [1.82, 2.24) is 9.88 Å². The number of pyridine rings is 1. The number of anilines is 2. The van der Waals surface area contributed by atoms with Crippen LogP contribution in [0.25, 0.3) is 11.1 Å². The molecule has 2 aromatic rings. The maximum atomic E-state index is 13.2. The summed E-state index contributed by atoms with van der Waals surface area (Å²) >= 11 is 0. The predicted octanol–water partition coefficient (Wildman–Crippen LogP) is 3.45. The van der Waals surface area contributed by atoms with Crippen LogP contribution in [0.3, 0.4) is 0 Å². The highest BCUT2D eigenvalue weighted by molar-refractivity contribution is 5.90. The minimum Gasteiger partial charge on any atom is -0.475 e. The molecule has 0 aliphatic carbocycles. The molecule has 2 saturated heterocycles. The van der Waals surface area contributed by atoms with E-state index >= 15 is 0 Å². The second-order valence-corrected chi connectivity index (χ2v) is 9.07. The molecule has 2 aliphatic heterocycles. The second-order valence-electron chi connectivity index (χ2n) is 9.07. The van der Waals surface area contributed by atoms with Crippen LogP contribution in [0.4, 0.5) is 29.5 Å². The molecule has 9 nitrogen and oxygen atoms in total. The average molecular weight is 525 g/mol. The molecule has 202 valence electrons. The van der Waals surface area contributed by atoms with Gasteiger partial charge < -0.3 is 34.4 Å². The molecule has 0 radical (unpaired) electrons. The van der Waals surface area contributed by atoms with E-state index in [1.165, 1.54) is 6.92 Å². The smallest absolute Gasteiger partial charge is 0.416 e. The maximum Gasteiger partial charge on any atom is 0.416 e. The van der Waals surface area contributed by atoms with E-state index in [9.17, 15) is 23.1 Å². The fraction of sp³-hybridized carbons (Fsp3) is 0.520. The van der Waals surface area contributed by atoms with Crippen molar-refractivity contribution in [2.45, 2.75) is 32.2 Å². The Labute approximate surface area is 213 Å². The number of carbonyl (C=O) groups excluding carboxylic acids is 1. The van der Waals surface area contributed by atoms with Gasteiger partial charge in [-0.3, -0.25) is 0 Å². The van der Waals surface area contributed by atoms with E-state index in [-0.39, 0.29) is 19.8 Å². The molecule has 3 heterocycles. The first kappa shape index (κ1) is 27.0. The maximum absolute atomic E-state index is 13.2. The van der Waals surface area contributed by atoms with E-state index in [1.807, 2.05) is 19.1 Å². The Morgan fingerprint density at radius 2 is 1.97 bits per heavy atom. The van der Waals surface area contributed by atoms with Crippen LogP contribution in [-0.4, -0.2) is 92.0 Å². The minimum atomic E-state index is -4.56. The number of aliphatic hydroxyl groups is 1. The molecule has 37 heavy (non-hydrogen) atoms. The van der Waals surface area contributed by atoms with Crippen LogP contribution in [0.5, 0.6) is 5.88 Å². The molecule has 1 aromatic heterocycles. The number of aryl methyl sites for hydroxylation is 1. The van der Waals surface area contributed by atoms with Crippen LogP contribution in [0, 0.1) is 6.92 Å². The number of nitrogens with one attached hydrogen (secondary N) is 1. The van der Waals surface area contributed by atoms with Gasteiger partial charge in [0.05, 0.1) is 32.5 Å². The number of nitrogens with zero attached hydrogens (tertiary/aromatic N) is 3. The highest BCUT2D eigenvalue weighted by Crippen LogP contribution is 2.33. The third-order valence-electron chi connectivity index (χ3n) is 6.18. The molecule has 2 unspecified atom stereocenters. The lowest BCUT2D eigenvalue weighted by atomic mass is 10.00. The summed E-state index contributed by atoms with van der Waals surface area (Å²) in [6, 6.07) is 8.35. The Hall–Kier alpha value is -3.09. The average Bonchev–Trinajstić information content (AvgIpc) is 2.88. The van der Waals surface area contributed by atoms with Gasteiger partial charge in [-0.2, -0.15) is 18.2 Å². The van der Waals surface area contributed by atoms with Gasteiger partial charge in [0.2, 0.25) is 5.88 Å². The molecule has 0 bridgehead atoms. The van der Waals surface area contributed by atoms with Crippen LogP contribution in [0.2, 0.25) is 0 Å². The number of amides is 2. The summed E-state index contributed by atoms with van der Waals surface area (Å²) in [6.07, 6.45) is -7.32. The number of alkyl halides is 3. The Morgan fingerprint density at radius 3 is 2.68 bits per heavy atom. The number of morpholine rings is 2. The lowest BCUT2D eigenvalue weighted by Crippen LogP contribution is -2.55. The van der Waals surface area contributed by atoms with E-state index in [4.69, 9.17) is 14.2 Å². The quantitative estimate of drug-likeness (QED) is 0.598. The molecule has 1 aromatic carbocycles. The van der Waals surface area contributed by atoms with Crippen molar-refractivity contribution in [2.75, 3.05) is 62.8 Å². The van der Waals surface area contributed by atoms with Crippen LogP contribution in [0.15, 0.2) is 30.3 Å². The van der Waals surface area contributed by atoms with Gasteiger partial charge in [-0.25, -0.2) is 4.79 Å². The van der Waals surface area contributed by atoms with Crippen LogP contribution >= 0.6 is 0 Å². The van der Waals surface area contributed by atoms with Crippen molar-refractivity contribution in [1.29, 1.82) is 0 Å². The summed E-state index contributed by atoms with van der Waals surface area (Å²) in [4.78, 5) is 20.6. The SMILES string of the molecule is Cc1ccc(NC(=O)N2CC(C)OC(C(F)(F)F)C2)cc1-c1cc(OCCO)nc(N2CCOCC2)c1. The second kappa shape index (κ2) is 11.5. The zero-order valence-electron chi connectivity index (χ0n) is 20.8. The van der Waals surface area contributed by atoms with Gasteiger partial charge in [-0.15, -0.1) is 0 Å². The first-order valence-corrected chi connectivity index (χ1v) is 12.1. The third-order valence-corrected chi connectivity index (χ3v) is 6.18. The van der Waals surface area contributed by atoms with Gasteiger partial charge in [0.25, 0.3) is 0 Å². The van der Waals surface area contributed by atoms with Crippen molar-refractivity contribution in [3.8, 4) is 17.0 Å². The summed E-state index contributed by atoms with van der Waals surface area (Å²) in [5.74, 6) is 1.05. The Kier molecular flexibility index (Phi) is 8.40. The van der Waals surface area contributed by atoms with Crippen molar-refractivity contribution in [3.05, 3.63) is 35.9 Å². The number of benzene rings is 1. The molecular weight excluding hydrogens is 493 g/mol. The summed E-state index contributed by atoms with van der Waals surface area (Å²) in [5.41, 5.74) is 2.94. The molecule has 0 saturated carbocycles. The van der Waals surface area contributed by atoms with E-state index < -0.39 is 31.0 Å². The van der Waals surface area contributed by atoms with Crippen LogP contribution < -0.4 is 15.0 Å². The fourth-order valence-corrected chi connectivity index (χ4v) is 4.34. The van der Waals surface area contributed by atoms with Gasteiger partial charge in [0, 0.05) is 31.4 Å². The Morgan fingerprint density at radius 1 is 1.22 bits per heavy atom. The molecule has 4 rings (SSSR count). The van der Waals surface area contributed by atoms with E-state index in [0.717, 1.165) is 21.6 Å². The van der Waals surface area contributed by atoms with E-state index in [2.05, 4.69) is 15.2 Å². The first-order valence-electron chi connectivity index (χ1n) is 12.1. The zero-order valence-corrected chi connectivity index (χ0v) is 20.8. The number of ether oxygens (including phenoxy) is 3. The van der Waals surface area contributed by atoms with Gasteiger partial charge in [-0.1, -0.05) is 6.07 Å². The van der Waals surface area contributed by atoms with Crippen LogP contribution in [0.1, 0.15) is 12.5 Å². The molecule has 2 aliphatic rings. The van der Waals surface area contributed by atoms with Crippen molar-refractivity contribution in [2.24, 2.45) is 0 Å². The van der Waals surface area contributed by atoms with E-state index in [1.54, 1.807) is 18.2 Å². The standard InChI is InChI=1S/C25H31F3N4O5/c1-16-3-4-19(29-24(34)32-14-17(2)37-21(15-32)25(26,27)28)13-20(16)18-11-22(31-5-8-35-9-6-31)30-23(12-18)36-10-7-33/h3-4,11-13,17,21,33H,5-10,14-15H2,1-2H3,(H,29,34). The zero-order chi connectivity index (χ0) is 26.6. The van der Waals surface area contributed by atoms with Crippen molar-refractivity contribution in [3.63, 3.8) is 0 Å². The topological polar surface area (TPSA) is 96.4 Å². The molecule has 2 atom stereocenters. The van der Waals surface area contributed by atoms with E-state index in [0.29, 0.717) is 43.7 Å². The fourth-order valence-electron chi connectivity index (χ4n) is 4.34. The van der Waals surface area contributed by atoms with Crippen molar-refractivity contribution >= 4 is 17.5 Å². The number of halogens is 3. The molecule has 0 spiro atoms. The lowest BCUT2D eigenvalue weighted by molar-refractivity contribution is -0.247. The van der Waals surface area contributed by atoms with Gasteiger partial charge >= 0.3 is 12.2 Å². The molecule has 2 fully saturated rings. The summed E-state index contributed by atoms with van der Waals surface area (Å²) < 4.78 is 55.7. The summed E-state index contributed by atoms with van der Waals surface area (Å²) in [6.45, 7) is 5.33. The number of hydrogen-bond donors (Lipinski definition) is 2. The lowest BCUT2D eigenvalue weighted by Gasteiger charge is -2.37. The summed E-state index contributed by atoms with van der Waals surface area (Å²) in [7, 11) is 0. The Balaban J connectivity index is 1.58. The number of carbonyl (C=O) groups is 1. The van der Waals surface area contributed by atoms with Crippen LogP contribution in [-0.2, 0) is 9.47 Å². The molecule has 2 N–H and O–H groups in total. The number of aromatic nitrogens is 1. The molecular formula is C25H31F3N4O5. The minimum absolute atomic E-state index is 0.0515.